The van der Waals surface area contributed by atoms with E-state index in [0.717, 1.165) is 18.4 Å². The van der Waals surface area contributed by atoms with Gasteiger partial charge in [-0.1, -0.05) is 32.0 Å². The minimum Gasteiger partial charge on any atom is -0.316 e. The van der Waals surface area contributed by atoms with Crippen LogP contribution in [0.4, 0.5) is 0 Å². The quantitative estimate of drug-likeness (QED) is 0.839. The number of hydrogen-bond donors (Lipinski definition) is 1. The molecule has 0 spiro atoms. The van der Waals surface area contributed by atoms with Gasteiger partial charge in [0.1, 0.15) is 0 Å². The smallest absolute Gasteiger partial charge is 0.243 e. The molecule has 112 valence electrons. The summed E-state index contributed by atoms with van der Waals surface area (Å²) in [6.45, 7) is 5.28. The Kier molecular flexibility index (Phi) is 4.83. The standard InChI is InChI=1S/C15H24N2O2S/c1-12(2)11-17(14-8-9-14)20(18,19)15-7-5-4-6-13(15)10-16-3/h4-7,12,14,16H,8-11H2,1-3H3. The van der Waals surface area contributed by atoms with E-state index < -0.39 is 10.0 Å². The highest BCUT2D eigenvalue weighted by Crippen LogP contribution is 2.33. The molecular formula is C15H24N2O2S. The molecule has 0 heterocycles. The number of nitrogens with one attached hydrogen (secondary N) is 1. The van der Waals surface area contributed by atoms with Gasteiger partial charge in [0, 0.05) is 19.1 Å². The number of sulfonamides is 1. The summed E-state index contributed by atoms with van der Waals surface area (Å²) in [4.78, 5) is 0.446. The highest BCUT2D eigenvalue weighted by atomic mass is 32.2. The van der Waals surface area contributed by atoms with Crippen molar-refractivity contribution in [1.29, 1.82) is 0 Å². The Labute approximate surface area is 122 Å². The van der Waals surface area contributed by atoms with Crippen LogP contribution < -0.4 is 5.32 Å². The zero-order valence-electron chi connectivity index (χ0n) is 12.5. The van der Waals surface area contributed by atoms with Crippen molar-refractivity contribution >= 4 is 10.0 Å². The molecule has 5 heteroatoms. The monoisotopic (exact) mass is 296 g/mol. The molecular weight excluding hydrogens is 272 g/mol. The van der Waals surface area contributed by atoms with Crippen LogP contribution >= 0.6 is 0 Å². The average molecular weight is 296 g/mol. The van der Waals surface area contributed by atoms with Crippen molar-refractivity contribution < 1.29 is 8.42 Å². The van der Waals surface area contributed by atoms with Crippen molar-refractivity contribution in [2.75, 3.05) is 13.6 Å². The molecule has 0 aromatic heterocycles. The topological polar surface area (TPSA) is 49.4 Å². The van der Waals surface area contributed by atoms with Crippen molar-refractivity contribution in [2.45, 2.75) is 44.2 Å². The summed E-state index contributed by atoms with van der Waals surface area (Å²) >= 11 is 0. The highest BCUT2D eigenvalue weighted by Gasteiger charge is 2.38. The van der Waals surface area contributed by atoms with E-state index in [-0.39, 0.29) is 6.04 Å². The Morgan fingerprint density at radius 3 is 2.50 bits per heavy atom. The fourth-order valence-electron chi connectivity index (χ4n) is 2.38. The summed E-state index contributed by atoms with van der Waals surface area (Å²) in [5.74, 6) is 0.335. The van der Waals surface area contributed by atoms with Crippen LogP contribution in [-0.4, -0.2) is 32.4 Å². The van der Waals surface area contributed by atoms with Gasteiger partial charge in [0.25, 0.3) is 0 Å². The predicted molar refractivity (Wildman–Crippen MR) is 81.0 cm³/mol. The van der Waals surface area contributed by atoms with Gasteiger partial charge in [-0.3, -0.25) is 0 Å². The van der Waals surface area contributed by atoms with Crippen LogP contribution in [0.5, 0.6) is 0 Å². The second-order valence-electron chi connectivity index (χ2n) is 5.84. The first-order chi connectivity index (χ1) is 9.46. The van der Waals surface area contributed by atoms with Crippen LogP contribution in [0.25, 0.3) is 0 Å². The average Bonchev–Trinajstić information content (AvgIpc) is 3.20. The molecule has 1 aromatic carbocycles. The normalized spacial score (nSPS) is 16.1. The van der Waals surface area contributed by atoms with Gasteiger partial charge >= 0.3 is 0 Å². The fourth-order valence-corrected chi connectivity index (χ4v) is 4.46. The lowest BCUT2D eigenvalue weighted by Gasteiger charge is -2.25. The summed E-state index contributed by atoms with van der Waals surface area (Å²) in [5, 5.41) is 3.04. The molecule has 2 rings (SSSR count). The van der Waals surface area contributed by atoms with Crippen LogP contribution in [-0.2, 0) is 16.6 Å². The van der Waals surface area contributed by atoms with Crippen LogP contribution in [0.3, 0.4) is 0 Å². The van der Waals surface area contributed by atoms with E-state index in [2.05, 4.69) is 19.2 Å². The van der Waals surface area contributed by atoms with E-state index in [1.54, 1.807) is 16.4 Å². The Morgan fingerprint density at radius 2 is 1.95 bits per heavy atom. The second kappa shape index (κ2) is 6.24. The molecule has 0 aliphatic heterocycles. The molecule has 0 atom stereocenters. The van der Waals surface area contributed by atoms with Crippen molar-refractivity contribution in [1.82, 2.24) is 9.62 Å². The van der Waals surface area contributed by atoms with Crippen LogP contribution in [0.15, 0.2) is 29.2 Å². The molecule has 0 radical (unpaired) electrons. The SMILES string of the molecule is CNCc1ccccc1S(=O)(=O)N(CC(C)C)C1CC1. The maximum Gasteiger partial charge on any atom is 0.243 e. The van der Waals surface area contributed by atoms with Gasteiger partial charge in [-0.2, -0.15) is 4.31 Å². The molecule has 1 N–H and O–H groups in total. The predicted octanol–water partition coefficient (Wildman–Crippen LogP) is 2.22. The lowest BCUT2D eigenvalue weighted by atomic mass is 10.2. The molecule has 1 saturated carbocycles. The van der Waals surface area contributed by atoms with E-state index in [4.69, 9.17) is 0 Å². The largest absolute Gasteiger partial charge is 0.316 e. The molecule has 0 saturated heterocycles. The molecule has 1 aromatic rings. The molecule has 0 bridgehead atoms. The summed E-state index contributed by atoms with van der Waals surface area (Å²) in [6, 6.07) is 7.48. The van der Waals surface area contributed by atoms with Gasteiger partial charge in [-0.05, 0) is 37.4 Å². The van der Waals surface area contributed by atoms with Crippen molar-refractivity contribution in [3.05, 3.63) is 29.8 Å². The van der Waals surface area contributed by atoms with E-state index >= 15 is 0 Å². The third kappa shape index (κ3) is 3.40. The van der Waals surface area contributed by atoms with Crippen LogP contribution in [0.1, 0.15) is 32.3 Å². The van der Waals surface area contributed by atoms with Gasteiger partial charge in [-0.25, -0.2) is 8.42 Å². The zero-order chi connectivity index (χ0) is 14.8. The third-order valence-electron chi connectivity index (χ3n) is 3.43. The third-order valence-corrected chi connectivity index (χ3v) is 5.44. The van der Waals surface area contributed by atoms with E-state index in [9.17, 15) is 8.42 Å². The van der Waals surface area contributed by atoms with Crippen molar-refractivity contribution in [3.8, 4) is 0 Å². The Balaban J connectivity index is 2.37. The Morgan fingerprint density at radius 1 is 1.30 bits per heavy atom. The van der Waals surface area contributed by atoms with Crippen LogP contribution in [0.2, 0.25) is 0 Å². The number of nitrogens with zero attached hydrogens (tertiary/aromatic N) is 1. The lowest BCUT2D eigenvalue weighted by Crippen LogP contribution is -2.36. The van der Waals surface area contributed by atoms with Crippen molar-refractivity contribution in [2.24, 2.45) is 5.92 Å². The van der Waals surface area contributed by atoms with Crippen LogP contribution in [0, 0.1) is 5.92 Å². The van der Waals surface area contributed by atoms with E-state index in [1.165, 1.54) is 0 Å². The van der Waals surface area contributed by atoms with Gasteiger partial charge < -0.3 is 5.32 Å². The van der Waals surface area contributed by atoms with Crippen molar-refractivity contribution in [3.63, 3.8) is 0 Å². The summed E-state index contributed by atoms with van der Waals surface area (Å²) in [6.07, 6.45) is 1.97. The second-order valence-corrected chi connectivity index (χ2v) is 7.70. The molecule has 4 nitrogen and oxygen atoms in total. The van der Waals surface area contributed by atoms with E-state index in [1.807, 2.05) is 19.2 Å². The van der Waals surface area contributed by atoms with Gasteiger partial charge in [-0.15, -0.1) is 0 Å². The minimum absolute atomic E-state index is 0.199. The lowest BCUT2D eigenvalue weighted by molar-refractivity contribution is 0.359. The molecule has 1 aliphatic carbocycles. The van der Waals surface area contributed by atoms with Gasteiger partial charge in [0.15, 0.2) is 0 Å². The van der Waals surface area contributed by atoms with Gasteiger partial charge in [0.2, 0.25) is 10.0 Å². The summed E-state index contributed by atoms with van der Waals surface area (Å²) in [5.41, 5.74) is 0.837. The first-order valence-electron chi connectivity index (χ1n) is 7.21. The molecule has 1 aliphatic rings. The summed E-state index contributed by atoms with van der Waals surface area (Å²) < 4.78 is 27.6. The van der Waals surface area contributed by atoms with Gasteiger partial charge in [0.05, 0.1) is 4.90 Å². The highest BCUT2D eigenvalue weighted by molar-refractivity contribution is 7.89. The zero-order valence-corrected chi connectivity index (χ0v) is 13.3. The Hall–Kier alpha value is -0.910. The number of benzene rings is 1. The maximum atomic E-state index is 12.9. The van der Waals surface area contributed by atoms with E-state index in [0.29, 0.717) is 23.9 Å². The fraction of sp³-hybridized carbons (Fsp3) is 0.600. The number of rotatable bonds is 7. The number of hydrogen-bond acceptors (Lipinski definition) is 3. The molecule has 0 amide bonds. The maximum absolute atomic E-state index is 12.9. The first-order valence-corrected chi connectivity index (χ1v) is 8.65. The Bertz CT molecular complexity index is 551. The molecule has 0 unspecified atom stereocenters. The molecule has 20 heavy (non-hydrogen) atoms. The first kappa shape index (κ1) is 15.5. The minimum atomic E-state index is -3.39. The summed E-state index contributed by atoms with van der Waals surface area (Å²) in [7, 11) is -1.56. The molecule has 1 fully saturated rings.